The summed E-state index contributed by atoms with van der Waals surface area (Å²) in [5.74, 6) is 0.875. The SMILES string of the molecule is CCn1nc(C)c(C(C)Nc2ccc(C)cc2OC)c1C. The lowest BCUT2D eigenvalue weighted by Gasteiger charge is -2.18. The van der Waals surface area contributed by atoms with Gasteiger partial charge in [-0.25, -0.2) is 0 Å². The molecule has 1 heterocycles. The second-order valence-electron chi connectivity index (χ2n) is 5.47. The molecule has 0 aliphatic rings. The van der Waals surface area contributed by atoms with Gasteiger partial charge in [0.1, 0.15) is 5.75 Å². The maximum absolute atomic E-state index is 5.47. The van der Waals surface area contributed by atoms with Gasteiger partial charge in [-0.05, 0) is 52.3 Å². The Morgan fingerprint density at radius 1 is 1.29 bits per heavy atom. The summed E-state index contributed by atoms with van der Waals surface area (Å²) in [6.45, 7) is 11.4. The summed E-state index contributed by atoms with van der Waals surface area (Å²) < 4.78 is 7.52. The molecule has 0 spiro atoms. The number of anilines is 1. The lowest BCUT2D eigenvalue weighted by Crippen LogP contribution is -2.10. The van der Waals surface area contributed by atoms with Crippen LogP contribution in [0.5, 0.6) is 5.75 Å². The highest BCUT2D eigenvalue weighted by atomic mass is 16.5. The minimum absolute atomic E-state index is 0.182. The van der Waals surface area contributed by atoms with Crippen molar-refractivity contribution in [2.24, 2.45) is 0 Å². The third kappa shape index (κ3) is 3.04. The fourth-order valence-corrected chi connectivity index (χ4v) is 2.87. The van der Waals surface area contributed by atoms with Crippen LogP contribution in [0.3, 0.4) is 0 Å². The van der Waals surface area contributed by atoms with Crippen molar-refractivity contribution in [3.05, 3.63) is 40.7 Å². The standard InChI is InChI=1S/C17H25N3O/c1-7-20-14(5)17(13(4)19-20)12(3)18-15-9-8-11(2)10-16(15)21-6/h8-10,12,18H,7H2,1-6H3. The number of nitrogens with zero attached hydrogens (tertiary/aromatic N) is 2. The predicted octanol–water partition coefficient (Wildman–Crippen LogP) is 4.01. The molecule has 0 radical (unpaired) electrons. The molecule has 0 bridgehead atoms. The Morgan fingerprint density at radius 3 is 2.57 bits per heavy atom. The number of rotatable bonds is 5. The minimum Gasteiger partial charge on any atom is -0.495 e. The highest BCUT2D eigenvalue weighted by molar-refractivity contribution is 5.59. The van der Waals surface area contributed by atoms with Gasteiger partial charge in [-0.3, -0.25) is 4.68 Å². The molecule has 1 aromatic carbocycles. The molecule has 1 unspecified atom stereocenters. The maximum Gasteiger partial charge on any atom is 0.142 e. The van der Waals surface area contributed by atoms with Crippen molar-refractivity contribution >= 4 is 5.69 Å². The summed E-state index contributed by atoms with van der Waals surface area (Å²) in [7, 11) is 1.70. The van der Waals surface area contributed by atoms with E-state index < -0.39 is 0 Å². The van der Waals surface area contributed by atoms with Gasteiger partial charge in [0, 0.05) is 17.8 Å². The van der Waals surface area contributed by atoms with Gasteiger partial charge < -0.3 is 10.1 Å². The molecule has 0 aliphatic carbocycles. The van der Waals surface area contributed by atoms with Crippen LogP contribution in [0.1, 0.15) is 42.4 Å². The molecule has 1 atom stereocenters. The monoisotopic (exact) mass is 287 g/mol. The van der Waals surface area contributed by atoms with E-state index in [1.165, 1.54) is 16.8 Å². The summed E-state index contributed by atoms with van der Waals surface area (Å²) in [4.78, 5) is 0. The van der Waals surface area contributed by atoms with Gasteiger partial charge in [0.05, 0.1) is 24.5 Å². The zero-order chi connectivity index (χ0) is 15.6. The van der Waals surface area contributed by atoms with Crippen molar-refractivity contribution in [1.29, 1.82) is 0 Å². The topological polar surface area (TPSA) is 39.1 Å². The molecule has 0 fully saturated rings. The van der Waals surface area contributed by atoms with Gasteiger partial charge in [-0.2, -0.15) is 5.10 Å². The quantitative estimate of drug-likeness (QED) is 0.903. The first-order valence-corrected chi connectivity index (χ1v) is 7.43. The van der Waals surface area contributed by atoms with E-state index in [0.717, 1.165) is 23.7 Å². The summed E-state index contributed by atoms with van der Waals surface area (Å²) in [5, 5.41) is 8.14. The summed E-state index contributed by atoms with van der Waals surface area (Å²) >= 11 is 0. The number of hydrogen-bond donors (Lipinski definition) is 1. The Labute approximate surface area is 127 Å². The van der Waals surface area contributed by atoms with Crippen LogP contribution >= 0.6 is 0 Å². The average molecular weight is 287 g/mol. The molecular weight excluding hydrogens is 262 g/mol. The molecular formula is C17H25N3O. The van der Waals surface area contributed by atoms with Gasteiger partial charge >= 0.3 is 0 Å². The first-order chi connectivity index (χ1) is 9.97. The molecule has 0 saturated heterocycles. The van der Waals surface area contributed by atoms with E-state index in [9.17, 15) is 0 Å². The zero-order valence-corrected chi connectivity index (χ0v) is 13.8. The van der Waals surface area contributed by atoms with Crippen LogP contribution in [0.25, 0.3) is 0 Å². The highest BCUT2D eigenvalue weighted by Crippen LogP contribution is 2.31. The molecule has 4 nitrogen and oxygen atoms in total. The Kier molecular flexibility index (Phi) is 4.56. The van der Waals surface area contributed by atoms with Crippen molar-refractivity contribution in [1.82, 2.24) is 9.78 Å². The van der Waals surface area contributed by atoms with E-state index in [0.29, 0.717) is 0 Å². The molecule has 0 aliphatic heterocycles. The van der Waals surface area contributed by atoms with E-state index in [1.54, 1.807) is 7.11 Å². The van der Waals surface area contributed by atoms with Crippen LogP contribution in [-0.2, 0) is 6.54 Å². The smallest absolute Gasteiger partial charge is 0.142 e. The Balaban J connectivity index is 2.30. The first kappa shape index (κ1) is 15.4. The summed E-state index contributed by atoms with van der Waals surface area (Å²) in [5.41, 5.74) is 5.77. The minimum atomic E-state index is 0.182. The van der Waals surface area contributed by atoms with Gasteiger partial charge in [-0.15, -0.1) is 0 Å². The van der Waals surface area contributed by atoms with E-state index in [1.807, 2.05) is 6.07 Å². The van der Waals surface area contributed by atoms with Gasteiger partial charge in [0.25, 0.3) is 0 Å². The van der Waals surface area contributed by atoms with Gasteiger partial charge in [0.15, 0.2) is 0 Å². The predicted molar refractivity (Wildman–Crippen MR) is 87.1 cm³/mol. The molecule has 1 aromatic heterocycles. The molecule has 1 N–H and O–H groups in total. The lowest BCUT2D eigenvalue weighted by atomic mass is 10.1. The van der Waals surface area contributed by atoms with Crippen LogP contribution in [0.4, 0.5) is 5.69 Å². The van der Waals surface area contributed by atoms with E-state index in [2.05, 4.69) is 61.8 Å². The number of ether oxygens (including phenoxy) is 1. The zero-order valence-electron chi connectivity index (χ0n) is 13.8. The third-order valence-electron chi connectivity index (χ3n) is 3.90. The molecule has 2 aromatic rings. The Bertz CT molecular complexity index is 631. The second-order valence-corrected chi connectivity index (χ2v) is 5.47. The van der Waals surface area contributed by atoms with Gasteiger partial charge in [0.2, 0.25) is 0 Å². The van der Waals surface area contributed by atoms with Gasteiger partial charge in [-0.1, -0.05) is 6.07 Å². The van der Waals surface area contributed by atoms with E-state index >= 15 is 0 Å². The number of nitrogens with one attached hydrogen (secondary N) is 1. The Hall–Kier alpha value is -1.97. The number of hydrogen-bond acceptors (Lipinski definition) is 3. The van der Waals surface area contributed by atoms with Crippen LogP contribution in [0, 0.1) is 20.8 Å². The largest absolute Gasteiger partial charge is 0.495 e. The third-order valence-corrected chi connectivity index (χ3v) is 3.90. The fourth-order valence-electron chi connectivity index (χ4n) is 2.87. The maximum atomic E-state index is 5.47. The number of methoxy groups -OCH3 is 1. The average Bonchev–Trinajstić information content (AvgIpc) is 2.75. The highest BCUT2D eigenvalue weighted by Gasteiger charge is 2.18. The molecule has 0 amide bonds. The molecule has 2 rings (SSSR count). The molecule has 114 valence electrons. The molecule has 0 saturated carbocycles. The normalized spacial score (nSPS) is 12.3. The van der Waals surface area contributed by atoms with Crippen LogP contribution < -0.4 is 10.1 Å². The number of aromatic nitrogens is 2. The second kappa shape index (κ2) is 6.20. The van der Waals surface area contributed by atoms with Crippen LogP contribution in [0.15, 0.2) is 18.2 Å². The Morgan fingerprint density at radius 2 is 2.00 bits per heavy atom. The fraction of sp³-hybridized carbons (Fsp3) is 0.471. The van der Waals surface area contributed by atoms with Crippen molar-refractivity contribution in [3.63, 3.8) is 0 Å². The molecule has 4 heteroatoms. The van der Waals surface area contributed by atoms with Crippen LogP contribution in [0.2, 0.25) is 0 Å². The van der Waals surface area contributed by atoms with E-state index in [4.69, 9.17) is 4.74 Å². The van der Waals surface area contributed by atoms with Crippen molar-refractivity contribution in [2.45, 2.75) is 47.2 Å². The number of aryl methyl sites for hydroxylation is 3. The first-order valence-electron chi connectivity index (χ1n) is 7.43. The number of benzene rings is 1. The van der Waals surface area contributed by atoms with Crippen molar-refractivity contribution in [2.75, 3.05) is 12.4 Å². The van der Waals surface area contributed by atoms with Crippen molar-refractivity contribution < 1.29 is 4.74 Å². The van der Waals surface area contributed by atoms with Crippen molar-refractivity contribution in [3.8, 4) is 5.75 Å². The summed E-state index contributed by atoms with van der Waals surface area (Å²) in [6, 6.07) is 6.39. The van der Waals surface area contributed by atoms with Crippen LogP contribution in [-0.4, -0.2) is 16.9 Å². The van der Waals surface area contributed by atoms with E-state index in [-0.39, 0.29) is 6.04 Å². The molecule has 21 heavy (non-hydrogen) atoms. The summed E-state index contributed by atoms with van der Waals surface area (Å²) in [6.07, 6.45) is 0. The lowest BCUT2D eigenvalue weighted by molar-refractivity contribution is 0.415.